The van der Waals surface area contributed by atoms with Crippen molar-refractivity contribution >= 4 is 11.8 Å². The minimum absolute atomic E-state index is 0.0862. The third-order valence-electron chi connectivity index (χ3n) is 4.99. The van der Waals surface area contributed by atoms with Gasteiger partial charge in [0.25, 0.3) is 5.91 Å². The molecule has 0 aliphatic carbocycles. The Morgan fingerprint density at radius 1 is 1.16 bits per heavy atom. The highest BCUT2D eigenvalue weighted by molar-refractivity contribution is 6.01. The van der Waals surface area contributed by atoms with Gasteiger partial charge in [-0.05, 0) is 29.8 Å². The van der Waals surface area contributed by atoms with Crippen LogP contribution in [0.5, 0.6) is 5.75 Å². The summed E-state index contributed by atoms with van der Waals surface area (Å²) in [6.45, 7) is 8.38. The van der Waals surface area contributed by atoms with E-state index in [2.05, 4.69) is 18.5 Å². The molecule has 1 heterocycles. The average Bonchev–Trinajstić information content (AvgIpc) is 3.19. The molecule has 1 amide bonds. The van der Waals surface area contributed by atoms with Gasteiger partial charge in [-0.15, -0.1) is 13.2 Å². The molecule has 0 bridgehead atoms. The van der Waals surface area contributed by atoms with Gasteiger partial charge in [-0.1, -0.05) is 42.5 Å². The number of benzene rings is 2. The fourth-order valence-corrected chi connectivity index (χ4v) is 3.48. The van der Waals surface area contributed by atoms with Crippen molar-refractivity contribution in [1.29, 1.82) is 0 Å². The SMILES string of the molecule is C=CCNC(=O)[C@]1(CC=C)N=C(c2ccc(OCCCO)cc2)O[C@@H]1c1ccccc1. The van der Waals surface area contributed by atoms with E-state index in [-0.39, 0.29) is 12.5 Å². The maximum absolute atomic E-state index is 13.2. The van der Waals surface area contributed by atoms with E-state index in [0.29, 0.717) is 37.6 Å². The van der Waals surface area contributed by atoms with Crippen LogP contribution in [-0.4, -0.2) is 42.2 Å². The van der Waals surface area contributed by atoms with Gasteiger partial charge in [0.1, 0.15) is 5.75 Å². The Hall–Kier alpha value is -3.38. The topological polar surface area (TPSA) is 80.2 Å². The van der Waals surface area contributed by atoms with E-state index < -0.39 is 11.6 Å². The summed E-state index contributed by atoms with van der Waals surface area (Å²) in [7, 11) is 0. The normalized spacial score (nSPS) is 19.8. The summed E-state index contributed by atoms with van der Waals surface area (Å²) in [6.07, 6.45) is 3.62. The average molecular weight is 421 g/mol. The Morgan fingerprint density at radius 2 is 1.90 bits per heavy atom. The maximum Gasteiger partial charge on any atom is 0.252 e. The number of aliphatic hydroxyl groups excluding tert-OH is 1. The van der Waals surface area contributed by atoms with Crippen molar-refractivity contribution in [2.75, 3.05) is 19.8 Å². The quantitative estimate of drug-likeness (QED) is 0.430. The maximum atomic E-state index is 13.2. The second-order valence-electron chi connectivity index (χ2n) is 7.19. The van der Waals surface area contributed by atoms with E-state index in [1.807, 2.05) is 54.6 Å². The Kier molecular flexibility index (Phi) is 7.62. The minimum Gasteiger partial charge on any atom is -0.494 e. The molecular formula is C25H28N2O4. The first-order valence-corrected chi connectivity index (χ1v) is 10.3. The van der Waals surface area contributed by atoms with Crippen molar-refractivity contribution in [3.05, 3.63) is 91.0 Å². The number of rotatable bonds is 11. The first kappa shape index (κ1) is 22.3. The highest BCUT2D eigenvalue weighted by Crippen LogP contribution is 2.42. The van der Waals surface area contributed by atoms with E-state index in [4.69, 9.17) is 19.6 Å². The van der Waals surface area contributed by atoms with E-state index in [1.54, 1.807) is 12.2 Å². The summed E-state index contributed by atoms with van der Waals surface area (Å²) >= 11 is 0. The van der Waals surface area contributed by atoms with Crippen molar-refractivity contribution in [3.63, 3.8) is 0 Å². The van der Waals surface area contributed by atoms with Crippen LogP contribution >= 0.6 is 0 Å². The molecule has 0 fully saturated rings. The smallest absolute Gasteiger partial charge is 0.252 e. The zero-order valence-corrected chi connectivity index (χ0v) is 17.5. The number of amides is 1. The van der Waals surface area contributed by atoms with Gasteiger partial charge in [-0.25, -0.2) is 4.99 Å². The van der Waals surface area contributed by atoms with Gasteiger partial charge >= 0.3 is 0 Å². The molecule has 3 rings (SSSR count). The number of aliphatic hydroxyl groups is 1. The Labute approximate surface area is 182 Å². The Balaban J connectivity index is 1.95. The van der Waals surface area contributed by atoms with Crippen LogP contribution in [0.2, 0.25) is 0 Å². The molecule has 1 aliphatic rings. The number of ether oxygens (including phenoxy) is 2. The molecule has 6 heteroatoms. The summed E-state index contributed by atoms with van der Waals surface area (Å²) in [5.74, 6) is 0.850. The molecule has 31 heavy (non-hydrogen) atoms. The van der Waals surface area contributed by atoms with Crippen molar-refractivity contribution in [1.82, 2.24) is 5.32 Å². The first-order chi connectivity index (χ1) is 15.1. The summed E-state index contributed by atoms with van der Waals surface area (Å²) < 4.78 is 11.9. The van der Waals surface area contributed by atoms with Crippen molar-refractivity contribution in [2.24, 2.45) is 4.99 Å². The second kappa shape index (κ2) is 10.6. The summed E-state index contributed by atoms with van der Waals surface area (Å²) in [5.41, 5.74) is 0.441. The predicted molar refractivity (Wildman–Crippen MR) is 121 cm³/mol. The van der Waals surface area contributed by atoms with Gasteiger partial charge in [0, 0.05) is 31.6 Å². The fourth-order valence-electron chi connectivity index (χ4n) is 3.48. The van der Waals surface area contributed by atoms with Crippen LogP contribution in [0, 0.1) is 0 Å². The standard InChI is InChI=1S/C25H28N2O4/c1-3-15-25(24(29)26-16-4-2)22(19-9-6-5-7-10-19)31-23(27-25)20-11-13-21(14-12-20)30-18-8-17-28/h3-7,9-14,22,28H,1-2,8,15-18H2,(H,26,29)/t22-,25-/m1/s1. The molecule has 0 radical (unpaired) electrons. The lowest BCUT2D eigenvalue weighted by molar-refractivity contribution is -0.128. The van der Waals surface area contributed by atoms with Crippen LogP contribution in [0.15, 0.2) is 84.9 Å². The number of hydrogen-bond donors (Lipinski definition) is 2. The number of nitrogens with zero attached hydrogens (tertiary/aromatic N) is 1. The molecule has 0 saturated heterocycles. The van der Waals surface area contributed by atoms with E-state index in [1.165, 1.54) is 0 Å². The second-order valence-corrected chi connectivity index (χ2v) is 7.19. The Morgan fingerprint density at radius 3 is 2.55 bits per heavy atom. The predicted octanol–water partition coefficient (Wildman–Crippen LogP) is 3.58. The summed E-state index contributed by atoms with van der Waals surface area (Å²) in [6, 6.07) is 16.9. The molecule has 6 nitrogen and oxygen atoms in total. The van der Waals surface area contributed by atoms with Crippen LogP contribution < -0.4 is 10.1 Å². The zero-order chi connectivity index (χ0) is 22.1. The lowest BCUT2D eigenvalue weighted by Crippen LogP contribution is -2.48. The number of aliphatic imine (C=N–C) groups is 1. The first-order valence-electron chi connectivity index (χ1n) is 10.3. The zero-order valence-electron chi connectivity index (χ0n) is 17.5. The molecule has 0 spiro atoms. The largest absolute Gasteiger partial charge is 0.494 e. The molecule has 0 unspecified atom stereocenters. The third-order valence-corrected chi connectivity index (χ3v) is 4.99. The van der Waals surface area contributed by atoms with Gasteiger partial charge in [-0.3, -0.25) is 4.79 Å². The number of nitrogens with one attached hydrogen (secondary N) is 1. The summed E-state index contributed by atoms with van der Waals surface area (Å²) in [4.78, 5) is 18.0. The van der Waals surface area contributed by atoms with Crippen molar-refractivity contribution < 1.29 is 19.4 Å². The third kappa shape index (κ3) is 5.03. The fraction of sp³-hybridized carbons (Fsp3) is 0.280. The lowest BCUT2D eigenvalue weighted by Gasteiger charge is -2.29. The number of carbonyl (C=O) groups is 1. The number of hydrogen-bond acceptors (Lipinski definition) is 5. The van der Waals surface area contributed by atoms with Gasteiger partial charge in [-0.2, -0.15) is 0 Å². The van der Waals surface area contributed by atoms with Crippen molar-refractivity contribution in [3.8, 4) is 5.75 Å². The molecule has 0 aromatic heterocycles. The van der Waals surface area contributed by atoms with Crippen LogP contribution in [0.4, 0.5) is 0 Å². The molecule has 2 N–H and O–H groups in total. The molecular weight excluding hydrogens is 392 g/mol. The highest BCUT2D eigenvalue weighted by Gasteiger charge is 2.52. The van der Waals surface area contributed by atoms with Crippen LogP contribution in [0.3, 0.4) is 0 Å². The molecule has 2 aromatic rings. The molecule has 2 aromatic carbocycles. The molecule has 2 atom stereocenters. The van der Waals surface area contributed by atoms with Gasteiger partial charge in [0.15, 0.2) is 11.6 Å². The molecule has 1 aliphatic heterocycles. The lowest BCUT2D eigenvalue weighted by atomic mass is 9.84. The van der Waals surface area contributed by atoms with Crippen LogP contribution in [0.1, 0.15) is 30.1 Å². The van der Waals surface area contributed by atoms with E-state index in [9.17, 15) is 4.79 Å². The number of carbonyl (C=O) groups excluding carboxylic acids is 1. The van der Waals surface area contributed by atoms with Gasteiger partial charge in [0.05, 0.1) is 6.61 Å². The van der Waals surface area contributed by atoms with Crippen LogP contribution in [0.25, 0.3) is 0 Å². The Bertz CT molecular complexity index is 924. The van der Waals surface area contributed by atoms with E-state index in [0.717, 1.165) is 11.1 Å². The monoisotopic (exact) mass is 420 g/mol. The minimum atomic E-state index is -1.17. The molecule has 0 saturated carbocycles. The van der Waals surface area contributed by atoms with Crippen molar-refractivity contribution in [2.45, 2.75) is 24.5 Å². The van der Waals surface area contributed by atoms with Gasteiger partial charge in [0.2, 0.25) is 5.90 Å². The van der Waals surface area contributed by atoms with Crippen LogP contribution in [-0.2, 0) is 9.53 Å². The summed E-state index contributed by atoms with van der Waals surface area (Å²) in [5, 5.41) is 11.8. The molecule has 162 valence electrons. The van der Waals surface area contributed by atoms with E-state index >= 15 is 0 Å². The highest BCUT2D eigenvalue weighted by atomic mass is 16.5. The van der Waals surface area contributed by atoms with Gasteiger partial charge < -0.3 is 19.9 Å².